The monoisotopic (exact) mass is 530 g/mol. The van der Waals surface area contributed by atoms with E-state index in [-0.39, 0.29) is 18.7 Å². The van der Waals surface area contributed by atoms with Crippen molar-refractivity contribution in [1.82, 2.24) is 0 Å². The first-order valence-electron chi connectivity index (χ1n) is 8.21. The molecule has 0 aliphatic heterocycles. The van der Waals surface area contributed by atoms with Crippen LogP contribution in [0.25, 0.3) is 0 Å². The third-order valence-corrected chi connectivity index (χ3v) is 5.31. The SMILES string of the molecule is Cc1cc(Br)ccc1NC(=O)CCC(=O)OCC(=O)Nc1ccc(Br)c(Cl)c1. The van der Waals surface area contributed by atoms with Gasteiger partial charge in [-0.25, -0.2) is 0 Å². The van der Waals surface area contributed by atoms with Gasteiger partial charge in [0, 0.05) is 26.7 Å². The van der Waals surface area contributed by atoms with Crippen LogP contribution >= 0.6 is 43.5 Å². The number of ether oxygens (including phenoxy) is 1. The van der Waals surface area contributed by atoms with Gasteiger partial charge >= 0.3 is 5.97 Å². The van der Waals surface area contributed by atoms with Crippen LogP contribution in [0, 0.1) is 6.92 Å². The average molecular weight is 533 g/mol. The van der Waals surface area contributed by atoms with Crippen molar-refractivity contribution in [2.75, 3.05) is 17.2 Å². The van der Waals surface area contributed by atoms with Gasteiger partial charge in [0.2, 0.25) is 5.91 Å². The molecule has 0 bridgehead atoms. The topological polar surface area (TPSA) is 84.5 Å². The van der Waals surface area contributed by atoms with E-state index in [0.29, 0.717) is 20.9 Å². The Balaban J connectivity index is 1.72. The standard InChI is InChI=1S/C19H17Br2ClN2O4/c1-11-8-12(20)2-5-16(11)24-17(25)6-7-19(27)28-10-18(26)23-13-3-4-14(21)15(22)9-13/h2-5,8-9H,6-7,10H2,1H3,(H,23,26)(H,24,25). The van der Waals surface area contributed by atoms with Gasteiger partial charge in [0.1, 0.15) is 0 Å². The van der Waals surface area contributed by atoms with Crippen LogP contribution in [0.2, 0.25) is 5.02 Å². The molecule has 0 aromatic heterocycles. The minimum Gasteiger partial charge on any atom is -0.456 e. The van der Waals surface area contributed by atoms with Crippen molar-refractivity contribution in [3.8, 4) is 0 Å². The molecule has 148 valence electrons. The number of halogens is 3. The summed E-state index contributed by atoms with van der Waals surface area (Å²) >= 11 is 12.6. The fourth-order valence-corrected chi connectivity index (χ4v) is 3.09. The molecule has 0 heterocycles. The van der Waals surface area contributed by atoms with Gasteiger partial charge in [-0.1, -0.05) is 27.5 Å². The van der Waals surface area contributed by atoms with Crippen LogP contribution in [-0.4, -0.2) is 24.4 Å². The molecule has 0 spiro atoms. The molecule has 6 nitrogen and oxygen atoms in total. The summed E-state index contributed by atoms with van der Waals surface area (Å²) in [5.74, 6) is -1.44. The number of aryl methyl sites for hydroxylation is 1. The normalized spacial score (nSPS) is 10.3. The van der Waals surface area contributed by atoms with Crippen molar-refractivity contribution < 1.29 is 19.1 Å². The largest absolute Gasteiger partial charge is 0.456 e. The van der Waals surface area contributed by atoms with Crippen molar-refractivity contribution in [3.05, 3.63) is 55.9 Å². The summed E-state index contributed by atoms with van der Waals surface area (Å²) in [7, 11) is 0. The second-order valence-corrected chi connectivity index (χ2v) is 8.02. The van der Waals surface area contributed by atoms with Gasteiger partial charge in [-0.05, 0) is 64.8 Å². The molecular weight excluding hydrogens is 515 g/mol. The van der Waals surface area contributed by atoms with Gasteiger partial charge in [0.15, 0.2) is 6.61 Å². The Morgan fingerprint density at radius 3 is 2.43 bits per heavy atom. The van der Waals surface area contributed by atoms with E-state index in [1.807, 2.05) is 19.1 Å². The summed E-state index contributed by atoms with van der Waals surface area (Å²) in [6.07, 6.45) is -0.170. The molecule has 9 heteroatoms. The molecule has 2 aromatic rings. The van der Waals surface area contributed by atoms with Crippen molar-refractivity contribution >= 4 is 72.6 Å². The number of nitrogens with one attached hydrogen (secondary N) is 2. The summed E-state index contributed by atoms with van der Waals surface area (Å²) in [5.41, 5.74) is 2.06. The van der Waals surface area contributed by atoms with Gasteiger partial charge in [0.05, 0.1) is 11.4 Å². The molecule has 2 N–H and O–H groups in total. The Hall–Kier alpha value is -1.90. The Bertz CT molecular complexity index is 905. The number of rotatable bonds is 7. The van der Waals surface area contributed by atoms with Gasteiger partial charge in [-0.2, -0.15) is 0 Å². The molecule has 0 radical (unpaired) electrons. The number of esters is 1. The maximum absolute atomic E-state index is 12.0. The summed E-state index contributed by atoms with van der Waals surface area (Å²) in [4.78, 5) is 35.5. The second-order valence-electron chi connectivity index (χ2n) is 5.85. The van der Waals surface area contributed by atoms with E-state index in [1.165, 1.54) is 0 Å². The molecule has 0 saturated heterocycles. The lowest BCUT2D eigenvalue weighted by atomic mass is 10.2. The van der Waals surface area contributed by atoms with Crippen LogP contribution in [-0.2, 0) is 19.1 Å². The number of hydrogen-bond donors (Lipinski definition) is 2. The molecule has 0 unspecified atom stereocenters. The summed E-state index contributed by atoms with van der Waals surface area (Å²) in [5, 5.41) is 5.75. The maximum Gasteiger partial charge on any atom is 0.306 e. The molecule has 28 heavy (non-hydrogen) atoms. The lowest BCUT2D eigenvalue weighted by Crippen LogP contribution is -2.21. The zero-order valence-corrected chi connectivity index (χ0v) is 18.8. The highest BCUT2D eigenvalue weighted by atomic mass is 79.9. The van der Waals surface area contributed by atoms with E-state index in [4.69, 9.17) is 16.3 Å². The number of carbonyl (C=O) groups is 3. The number of carbonyl (C=O) groups excluding carboxylic acids is 3. The van der Waals surface area contributed by atoms with Crippen molar-refractivity contribution in [2.45, 2.75) is 19.8 Å². The van der Waals surface area contributed by atoms with E-state index < -0.39 is 18.5 Å². The highest BCUT2D eigenvalue weighted by molar-refractivity contribution is 9.10. The predicted molar refractivity (Wildman–Crippen MR) is 115 cm³/mol. The van der Waals surface area contributed by atoms with Gasteiger partial charge in [-0.3, -0.25) is 14.4 Å². The Labute approximate surface area is 184 Å². The summed E-state index contributed by atoms with van der Waals surface area (Å²) in [6, 6.07) is 10.4. The molecule has 0 aliphatic carbocycles. The second kappa shape index (κ2) is 10.6. The number of benzene rings is 2. The van der Waals surface area contributed by atoms with Gasteiger partial charge < -0.3 is 15.4 Å². The summed E-state index contributed by atoms with van der Waals surface area (Å²) < 4.78 is 6.51. The number of amides is 2. The van der Waals surface area contributed by atoms with Crippen LogP contribution in [0.4, 0.5) is 11.4 Å². The van der Waals surface area contributed by atoms with Crippen molar-refractivity contribution in [2.24, 2.45) is 0 Å². The van der Waals surface area contributed by atoms with Crippen LogP contribution in [0.1, 0.15) is 18.4 Å². The van der Waals surface area contributed by atoms with Gasteiger partial charge in [0.25, 0.3) is 5.91 Å². The first kappa shape index (κ1) is 22.4. The quantitative estimate of drug-likeness (QED) is 0.488. The van der Waals surface area contributed by atoms with Crippen LogP contribution < -0.4 is 10.6 Å². The zero-order valence-electron chi connectivity index (χ0n) is 14.9. The lowest BCUT2D eigenvalue weighted by molar-refractivity contribution is -0.147. The molecule has 0 atom stereocenters. The minimum atomic E-state index is -0.633. The Morgan fingerprint density at radius 1 is 1.00 bits per heavy atom. The fraction of sp³-hybridized carbons (Fsp3) is 0.211. The molecule has 2 rings (SSSR count). The van der Waals surface area contributed by atoms with E-state index in [2.05, 4.69) is 42.5 Å². The lowest BCUT2D eigenvalue weighted by Gasteiger charge is -2.09. The highest BCUT2D eigenvalue weighted by Crippen LogP contribution is 2.25. The first-order chi connectivity index (χ1) is 13.2. The third-order valence-electron chi connectivity index (χ3n) is 3.59. The van der Waals surface area contributed by atoms with Crippen LogP contribution in [0.15, 0.2) is 45.3 Å². The molecular formula is C19H17Br2ClN2O4. The first-order valence-corrected chi connectivity index (χ1v) is 10.2. The molecule has 0 fully saturated rings. The Morgan fingerprint density at radius 2 is 1.75 bits per heavy atom. The van der Waals surface area contributed by atoms with E-state index in [0.717, 1.165) is 10.0 Å². The smallest absolute Gasteiger partial charge is 0.306 e. The van der Waals surface area contributed by atoms with Crippen molar-refractivity contribution in [3.63, 3.8) is 0 Å². The predicted octanol–water partition coefficient (Wildman–Crippen LogP) is 5.07. The molecule has 0 saturated carbocycles. The molecule has 0 aliphatic rings. The van der Waals surface area contributed by atoms with E-state index >= 15 is 0 Å². The number of anilines is 2. The zero-order chi connectivity index (χ0) is 20.7. The van der Waals surface area contributed by atoms with Crippen LogP contribution in [0.3, 0.4) is 0 Å². The highest BCUT2D eigenvalue weighted by Gasteiger charge is 2.12. The van der Waals surface area contributed by atoms with E-state index in [1.54, 1.807) is 24.3 Å². The fourth-order valence-electron chi connectivity index (χ4n) is 2.18. The third kappa shape index (κ3) is 7.26. The molecule has 2 amide bonds. The van der Waals surface area contributed by atoms with Crippen LogP contribution in [0.5, 0.6) is 0 Å². The number of hydrogen-bond acceptors (Lipinski definition) is 4. The van der Waals surface area contributed by atoms with E-state index in [9.17, 15) is 14.4 Å². The Kier molecular flexibility index (Phi) is 8.47. The average Bonchev–Trinajstić information content (AvgIpc) is 2.63. The maximum atomic E-state index is 12.0. The van der Waals surface area contributed by atoms with Gasteiger partial charge in [-0.15, -0.1) is 0 Å². The summed E-state index contributed by atoms with van der Waals surface area (Å²) in [6.45, 7) is 1.42. The molecule has 2 aromatic carbocycles. The van der Waals surface area contributed by atoms with Crippen molar-refractivity contribution in [1.29, 1.82) is 0 Å². The minimum absolute atomic E-state index is 0.0434.